The van der Waals surface area contributed by atoms with E-state index in [0.29, 0.717) is 17.7 Å². The molecule has 0 saturated heterocycles. The topological polar surface area (TPSA) is 45.8 Å². The predicted molar refractivity (Wildman–Crippen MR) is 77.4 cm³/mol. The molecule has 0 aliphatic carbocycles. The Labute approximate surface area is 116 Å². The van der Waals surface area contributed by atoms with Crippen molar-refractivity contribution in [3.05, 3.63) is 71.9 Å². The van der Waals surface area contributed by atoms with Crippen LogP contribution in [0, 0.1) is 11.3 Å². The maximum absolute atomic E-state index is 12.3. The minimum Gasteiger partial charge on any atom is -0.340 e. The third-order valence-corrected chi connectivity index (χ3v) is 3.33. The number of carbonyl (C=O) groups excluding carboxylic acids is 1. The second kappa shape index (κ2) is 5.02. The monoisotopic (exact) mass is 260 g/mol. The van der Waals surface area contributed by atoms with Crippen molar-refractivity contribution in [2.75, 3.05) is 0 Å². The third kappa shape index (κ3) is 2.19. The third-order valence-electron chi connectivity index (χ3n) is 3.33. The molecule has 0 radical (unpaired) electrons. The van der Waals surface area contributed by atoms with Crippen LogP contribution in [0.2, 0.25) is 0 Å². The fourth-order valence-electron chi connectivity index (χ4n) is 2.26. The van der Waals surface area contributed by atoms with Gasteiger partial charge in [-0.25, -0.2) is 0 Å². The van der Waals surface area contributed by atoms with Crippen LogP contribution in [0.1, 0.15) is 15.9 Å². The summed E-state index contributed by atoms with van der Waals surface area (Å²) in [7, 11) is 0. The van der Waals surface area contributed by atoms with Crippen LogP contribution in [0.25, 0.3) is 10.9 Å². The van der Waals surface area contributed by atoms with E-state index >= 15 is 0 Å². The Hall–Kier alpha value is -2.86. The molecule has 0 spiro atoms. The lowest BCUT2D eigenvalue weighted by atomic mass is 10.1. The minimum atomic E-state index is 0.0378. The number of Topliss-reactive ketones (excluding diaryl/α,β-unsaturated/α-hetero) is 1. The normalized spacial score (nSPS) is 10.3. The van der Waals surface area contributed by atoms with Crippen LogP contribution < -0.4 is 0 Å². The number of benzene rings is 2. The second-order valence-electron chi connectivity index (χ2n) is 4.61. The van der Waals surface area contributed by atoms with E-state index in [1.54, 1.807) is 24.3 Å². The molecule has 3 rings (SSSR count). The Morgan fingerprint density at radius 2 is 1.80 bits per heavy atom. The van der Waals surface area contributed by atoms with E-state index in [1.807, 2.05) is 47.2 Å². The van der Waals surface area contributed by atoms with Gasteiger partial charge in [0.05, 0.1) is 18.2 Å². The summed E-state index contributed by atoms with van der Waals surface area (Å²) in [5.74, 6) is 0.0378. The summed E-state index contributed by atoms with van der Waals surface area (Å²) in [5, 5.41) is 9.88. The Morgan fingerprint density at radius 1 is 1.05 bits per heavy atom. The Balaban J connectivity index is 1.87. The van der Waals surface area contributed by atoms with Crippen molar-refractivity contribution >= 4 is 16.7 Å². The molecular formula is C17H12N2O. The van der Waals surface area contributed by atoms with Crippen LogP contribution in [0.4, 0.5) is 0 Å². The van der Waals surface area contributed by atoms with Crippen LogP contribution in [-0.2, 0) is 6.54 Å². The van der Waals surface area contributed by atoms with Gasteiger partial charge < -0.3 is 4.57 Å². The number of ketones is 1. The van der Waals surface area contributed by atoms with Crippen LogP contribution in [0.15, 0.2) is 60.8 Å². The molecule has 3 heteroatoms. The molecule has 20 heavy (non-hydrogen) atoms. The van der Waals surface area contributed by atoms with Crippen LogP contribution >= 0.6 is 0 Å². The van der Waals surface area contributed by atoms with Gasteiger partial charge in [0.25, 0.3) is 0 Å². The Bertz CT molecular complexity index is 807. The minimum absolute atomic E-state index is 0.0378. The van der Waals surface area contributed by atoms with Gasteiger partial charge in [-0.3, -0.25) is 4.79 Å². The van der Waals surface area contributed by atoms with Gasteiger partial charge in [0, 0.05) is 17.3 Å². The zero-order valence-electron chi connectivity index (χ0n) is 10.8. The number of nitriles is 1. The van der Waals surface area contributed by atoms with Gasteiger partial charge in [-0.05, 0) is 29.7 Å². The average Bonchev–Trinajstić information content (AvgIpc) is 2.91. The number of carbonyl (C=O) groups is 1. The molecule has 0 bridgehead atoms. The van der Waals surface area contributed by atoms with E-state index in [9.17, 15) is 4.79 Å². The van der Waals surface area contributed by atoms with E-state index in [2.05, 4.69) is 0 Å². The first-order valence-corrected chi connectivity index (χ1v) is 6.35. The molecule has 0 fully saturated rings. The maximum Gasteiger partial charge on any atom is 0.182 e. The first-order valence-electron chi connectivity index (χ1n) is 6.35. The first kappa shape index (κ1) is 12.2. The molecule has 3 aromatic rings. The van der Waals surface area contributed by atoms with Gasteiger partial charge >= 0.3 is 0 Å². The quantitative estimate of drug-likeness (QED) is 0.677. The number of para-hydroxylation sites is 1. The fourth-order valence-corrected chi connectivity index (χ4v) is 2.26. The molecule has 2 aromatic carbocycles. The molecular weight excluding hydrogens is 248 g/mol. The Kier molecular flexibility index (Phi) is 3.06. The molecule has 0 N–H and O–H groups in total. The van der Waals surface area contributed by atoms with Crippen LogP contribution in [0.3, 0.4) is 0 Å². The number of aromatic nitrogens is 1. The molecule has 0 amide bonds. The van der Waals surface area contributed by atoms with Crippen molar-refractivity contribution in [2.45, 2.75) is 6.54 Å². The van der Waals surface area contributed by atoms with Gasteiger partial charge in [0.1, 0.15) is 0 Å². The Morgan fingerprint density at radius 3 is 2.55 bits per heavy atom. The number of fused-ring (bicyclic) bond motifs is 1. The van der Waals surface area contributed by atoms with E-state index in [4.69, 9.17) is 5.26 Å². The summed E-state index contributed by atoms with van der Waals surface area (Å²) in [4.78, 5) is 12.3. The SMILES string of the molecule is N#Cc1ccc(C(=O)Cn2ccc3ccccc32)cc1. The highest BCUT2D eigenvalue weighted by atomic mass is 16.1. The summed E-state index contributed by atoms with van der Waals surface area (Å²) in [6.45, 7) is 0.305. The summed E-state index contributed by atoms with van der Waals surface area (Å²) in [6.07, 6.45) is 1.92. The zero-order valence-corrected chi connectivity index (χ0v) is 10.8. The molecule has 1 heterocycles. The number of hydrogen-bond donors (Lipinski definition) is 0. The number of nitrogens with zero attached hydrogens (tertiary/aromatic N) is 2. The number of rotatable bonds is 3. The smallest absolute Gasteiger partial charge is 0.182 e. The van der Waals surface area contributed by atoms with Crippen molar-refractivity contribution in [3.63, 3.8) is 0 Å². The number of hydrogen-bond acceptors (Lipinski definition) is 2. The molecule has 1 aromatic heterocycles. The highest BCUT2D eigenvalue weighted by molar-refractivity contribution is 5.97. The van der Waals surface area contributed by atoms with Crippen molar-refractivity contribution in [1.29, 1.82) is 5.26 Å². The van der Waals surface area contributed by atoms with Gasteiger partial charge in [-0.2, -0.15) is 5.26 Å². The average molecular weight is 260 g/mol. The van der Waals surface area contributed by atoms with E-state index in [1.165, 1.54) is 0 Å². The largest absolute Gasteiger partial charge is 0.340 e. The van der Waals surface area contributed by atoms with Gasteiger partial charge in [-0.15, -0.1) is 0 Å². The zero-order chi connectivity index (χ0) is 13.9. The van der Waals surface area contributed by atoms with Crippen LogP contribution in [-0.4, -0.2) is 10.4 Å². The van der Waals surface area contributed by atoms with Crippen LogP contribution in [0.5, 0.6) is 0 Å². The molecule has 0 unspecified atom stereocenters. The van der Waals surface area contributed by atoms with Gasteiger partial charge in [-0.1, -0.05) is 30.3 Å². The molecule has 3 nitrogen and oxygen atoms in total. The maximum atomic E-state index is 12.3. The van der Waals surface area contributed by atoms with Crippen molar-refractivity contribution < 1.29 is 4.79 Å². The molecule has 0 atom stereocenters. The summed E-state index contributed by atoms with van der Waals surface area (Å²) >= 11 is 0. The highest BCUT2D eigenvalue weighted by Crippen LogP contribution is 2.16. The standard InChI is InChI=1S/C17H12N2O/c18-11-13-5-7-15(8-6-13)17(20)12-19-10-9-14-3-1-2-4-16(14)19/h1-10H,12H2. The predicted octanol–water partition coefficient (Wildman–Crippen LogP) is 3.40. The lowest BCUT2D eigenvalue weighted by Crippen LogP contribution is -2.09. The van der Waals surface area contributed by atoms with E-state index < -0.39 is 0 Å². The lowest BCUT2D eigenvalue weighted by Gasteiger charge is -2.05. The molecule has 96 valence electrons. The van der Waals surface area contributed by atoms with Crippen molar-refractivity contribution in [2.24, 2.45) is 0 Å². The van der Waals surface area contributed by atoms with Crippen molar-refractivity contribution in [3.8, 4) is 6.07 Å². The fraction of sp³-hybridized carbons (Fsp3) is 0.0588. The van der Waals surface area contributed by atoms with E-state index in [0.717, 1.165) is 10.9 Å². The second-order valence-corrected chi connectivity index (χ2v) is 4.61. The summed E-state index contributed by atoms with van der Waals surface area (Å²) < 4.78 is 1.94. The molecule has 0 aliphatic heterocycles. The molecule has 0 saturated carbocycles. The highest BCUT2D eigenvalue weighted by Gasteiger charge is 2.08. The summed E-state index contributed by atoms with van der Waals surface area (Å²) in [6, 6.07) is 18.8. The first-order chi connectivity index (χ1) is 9.78. The van der Waals surface area contributed by atoms with Gasteiger partial charge in [0.2, 0.25) is 0 Å². The summed E-state index contributed by atoms with van der Waals surface area (Å²) in [5.41, 5.74) is 2.24. The lowest BCUT2D eigenvalue weighted by molar-refractivity contribution is 0.0973. The van der Waals surface area contributed by atoms with E-state index in [-0.39, 0.29) is 5.78 Å². The van der Waals surface area contributed by atoms with Crippen molar-refractivity contribution in [1.82, 2.24) is 4.57 Å². The van der Waals surface area contributed by atoms with Gasteiger partial charge in [0.15, 0.2) is 5.78 Å². The molecule has 0 aliphatic rings.